The molecule has 0 unspecified atom stereocenters. The molecule has 0 aliphatic carbocycles. The third-order valence-electron chi connectivity index (χ3n) is 5.26. The number of esters is 1. The summed E-state index contributed by atoms with van der Waals surface area (Å²) in [5.41, 5.74) is 0. The highest BCUT2D eigenvalue weighted by Crippen LogP contribution is 2.22. The van der Waals surface area contributed by atoms with Crippen molar-refractivity contribution in [1.82, 2.24) is 0 Å². The number of rotatable bonds is 16. The Kier molecular flexibility index (Phi) is 15.9. The van der Waals surface area contributed by atoms with Gasteiger partial charge >= 0.3 is 5.97 Å². The number of unbranched alkanes of at least 4 members (excludes halogenated alkanes) is 4. The number of carboxylic acid groups (broad SMARTS) is 1. The number of hydrogen-bond donors (Lipinski definition) is 3. The van der Waals surface area contributed by atoms with Gasteiger partial charge in [0.2, 0.25) is 6.29 Å². The molecule has 8 heteroatoms. The van der Waals surface area contributed by atoms with Crippen LogP contribution < -0.4 is 5.11 Å². The van der Waals surface area contributed by atoms with E-state index in [1.54, 1.807) is 0 Å². The molecule has 1 fully saturated rings. The van der Waals surface area contributed by atoms with Crippen molar-refractivity contribution in [2.45, 2.75) is 102 Å². The standard InChI is InChI=1S/C26H40O8/c1-2-3-4-5-6-7-8-9-10-11-12-13-14-15-16-17-18-19-20(27)33-26-23(30)21(28)22(29)24(34-26)25(31)32/h6-7,9-10,12-13,15-16,21-24,26,28-30H,2-5,8,11,14,17-19H2,1H3,(H,31,32)/p-1/b7-6-,10-9-,13-12-,16-15-/t21-,22-,23+,24-,26+/m0/s1. The summed E-state index contributed by atoms with van der Waals surface area (Å²) in [5, 5.41) is 40.1. The predicted octanol–water partition coefficient (Wildman–Crippen LogP) is 2.23. The van der Waals surface area contributed by atoms with Crippen LogP contribution in [0.25, 0.3) is 0 Å². The molecule has 0 aromatic heterocycles. The molecule has 0 saturated carbocycles. The van der Waals surface area contributed by atoms with Crippen LogP contribution in [-0.2, 0) is 19.1 Å². The topological polar surface area (TPSA) is 136 Å². The highest BCUT2D eigenvalue weighted by molar-refractivity contribution is 5.71. The molecule has 0 amide bonds. The minimum Gasteiger partial charge on any atom is -0.547 e. The monoisotopic (exact) mass is 479 g/mol. The van der Waals surface area contributed by atoms with E-state index in [4.69, 9.17) is 9.47 Å². The maximum absolute atomic E-state index is 11.9. The van der Waals surface area contributed by atoms with Crippen molar-refractivity contribution in [3.8, 4) is 0 Å². The molecule has 192 valence electrons. The second-order valence-electron chi connectivity index (χ2n) is 8.19. The summed E-state index contributed by atoms with van der Waals surface area (Å²) in [7, 11) is 0. The number of allylic oxidation sites excluding steroid dienone is 8. The Morgan fingerprint density at radius 3 is 1.85 bits per heavy atom. The second-order valence-corrected chi connectivity index (χ2v) is 8.19. The number of aliphatic hydroxyl groups excluding tert-OH is 3. The first-order chi connectivity index (χ1) is 16.4. The SMILES string of the molecule is CCCCC/C=C\C/C=C\C/C=C\C/C=C\CCCC(=O)O[C@@H]1O[C@H](C(=O)[O-])[C@@H](O)[C@H](O)[C@H]1O. The van der Waals surface area contributed by atoms with Gasteiger partial charge in [0, 0.05) is 6.42 Å². The van der Waals surface area contributed by atoms with Crippen molar-refractivity contribution >= 4 is 11.9 Å². The zero-order chi connectivity index (χ0) is 25.2. The van der Waals surface area contributed by atoms with E-state index in [9.17, 15) is 30.0 Å². The Balaban J connectivity index is 2.13. The van der Waals surface area contributed by atoms with Crippen molar-refractivity contribution in [1.29, 1.82) is 0 Å². The Bertz CT molecular complexity index is 697. The van der Waals surface area contributed by atoms with E-state index >= 15 is 0 Å². The Labute approximate surface area is 202 Å². The van der Waals surface area contributed by atoms with Gasteiger partial charge in [-0.3, -0.25) is 4.79 Å². The van der Waals surface area contributed by atoms with E-state index in [2.05, 4.69) is 43.4 Å². The highest BCUT2D eigenvalue weighted by atomic mass is 16.7. The first kappa shape index (κ1) is 29.8. The highest BCUT2D eigenvalue weighted by Gasteiger charge is 2.46. The lowest BCUT2D eigenvalue weighted by Gasteiger charge is -2.40. The van der Waals surface area contributed by atoms with E-state index in [1.165, 1.54) is 19.3 Å². The van der Waals surface area contributed by atoms with Gasteiger partial charge < -0.3 is 34.7 Å². The largest absolute Gasteiger partial charge is 0.547 e. The second kappa shape index (κ2) is 18.1. The predicted molar refractivity (Wildman–Crippen MR) is 126 cm³/mol. The lowest BCUT2D eigenvalue weighted by atomic mass is 9.99. The lowest BCUT2D eigenvalue weighted by Crippen LogP contribution is -2.62. The van der Waals surface area contributed by atoms with Crippen molar-refractivity contribution in [2.75, 3.05) is 0 Å². The van der Waals surface area contributed by atoms with Crippen LogP contribution in [0.3, 0.4) is 0 Å². The number of ether oxygens (including phenoxy) is 2. The number of aliphatic carboxylic acids is 1. The summed E-state index contributed by atoms with van der Waals surface area (Å²) in [6, 6.07) is 0. The van der Waals surface area contributed by atoms with Crippen LogP contribution in [-0.4, -0.2) is 58.0 Å². The molecule has 1 rings (SSSR count). The zero-order valence-corrected chi connectivity index (χ0v) is 20.0. The summed E-state index contributed by atoms with van der Waals surface area (Å²) < 4.78 is 9.77. The molecule has 5 atom stereocenters. The van der Waals surface area contributed by atoms with Gasteiger partial charge in [0.25, 0.3) is 0 Å². The van der Waals surface area contributed by atoms with Crippen LogP contribution in [0.5, 0.6) is 0 Å². The van der Waals surface area contributed by atoms with Gasteiger partial charge in [-0.15, -0.1) is 0 Å². The van der Waals surface area contributed by atoms with Crippen LogP contribution in [0, 0.1) is 0 Å². The summed E-state index contributed by atoms with van der Waals surface area (Å²) >= 11 is 0. The molecule has 1 saturated heterocycles. The number of carboxylic acids is 1. The van der Waals surface area contributed by atoms with Crippen LogP contribution in [0.15, 0.2) is 48.6 Å². The Hall–Kier alpha value is -2.26. The molecule has 1 aliphatic heterocycles. The van der Waals surface area contributed by atoms with Gasteiger partial charge in [0.1, 0.15) is 24.4 Å². The Morgan fingerprint density at radius 1 is 0.794 bits per heavy atom. The normalized spacial score (nSPS) is 25.7. The van der Waals surface area contributed by atoms with E-state index in [-0.39, 0.29) is 6.42 Å². The average molecular weight is 480 g/mol. The molecule has 0 aromatic rings. The molecule has 8 nitrogen and oxygen atoms in total. The van der Waals surface area contributed by atoms with Gasteiger partial charge in [-0.2, -0.15) is 0 Å². The van der Waals surface area contributed by atoms with E-state index in [0.717, 1.165) is 25.7 Å². The molecule has 0 aromatic carbocycles. The fraction of sp³-hybridized carbons (Fsp3) is 0.615. The Morgan fingerprint density at radius 2 is 1.32 bits per heavy atom. The average Bonchev–Trinajstić information content (AvgIpc) is 2.81. The maximum atomic E-state index is 11.9. The van der Waals surface area contributed by atoms with E-state index in [0.29, 0.717) is 12.8 Å². The third kappa shape index (κ3) is 12.3. The molecule has 0 spiro atoms. The molecular formula is C26H39O8-. The van der Waals surface area contributed by atoms with Gasteiger partial charge in [-0.25, -0.2) is 0 Å². The molecular weight excluding hydrogens is 440 g/mol. The van der Waals surface area contributed by atoms with E-state index in [1.807, 2.05) is 12.2 Å². The zero-order valence-electron chi connectivity index (χ0n) is 20.0. The number of carbonyl (C=O) groups is 2. The van der Waals surface area contributed by atoms with Crippen molar-refractivity contribution in [3.05, 3.63) is 48.6 Å². The van der Waals surface area contributed by atoms with Crippen LogP contribution >= 0.6 is 0 Å². The molecule has 3 N–H and O–H groups in total. The van der Waals surface area contributed by atoms with Crippen LogP contribution in [0.2, 0.25) is 0 Å². The van der Waals surface area contributed by atoms with Gasteiger partial charge in [-0.1, -0.05) is 68.4 Å². The minimum absolute atomic E-state index is 0.0270. The van der Waals surface area contributed by atoms with Crippen molar-refractivity contribution < 1.29 is 39.5 Å². The summed E-state index contributed by atoms with van der Waals surface area (Å²) in [4.78, 5) is 22.9. The van der Waals surface area contributed by atoms with Crippen molar-refractivity contribution in [3.63, 3.8) is 0 Å². The number of aliphatic hydroxyl groups is 3. The van der Waals surface area contributed by atoms with Crippen molar-refractivity contribution in [2.24, 2.45) is 0 Å². The number of carbonyl (C=O) groups excluding carboxylic acids is 2. The van der Waals surface area contributed by atoms with E-state index < -0.39 is 42.6 Å². The molecule has 0 bridgehead atoms. The smallest absolute Gasteiger partial charge is 0.308 e. The molecule has 1 heterocycles. The quantitative estimate of drug-likeness (QED) is 0.174. The first-order valence-corrected chi connectivity index (χ1v) is 12.1. The van der Waals surface area contributed by atoms with Crippen LogP contribution in [0.1, 0.15) is 71.1 Å². The van der Waals surface area contributed by atoms with Crippen LogP contribution in [0.4, 0.5) is 0 Å². The maximum Gasteiger partial charge on any atom is 0.308 e. The molecule has 34 heavy (non-hydrogen) atoms. The lowest BCUT2D eigenvalue weighted by molar-refractivity contribution is -0.346. The summed E-state index contributed by atoms with van der Waals surface area (Å²) in [5.74, 6) is -2.49. The first-order valence-electron chi connectivity index (χ1n) is 12.1. The molecule has 1 aliphatic rings. The molecule has 0 radical (unpaired) electrons. The van der Waals surface area contributed by atoms with Gasteiger partial charge in [-0.05, 0) is 44.9 Å². The minimum atomic E-state index is -1.90. The fourth-order valence-electron chi connectivity index (χ4n) is 3.25. The summed E-state index contributed by atoms with van der Waals surface area (Å²) in [6.45, 7) is 2.21. The summed E-state index contributed by atoms with van der Waals surface area (Å²) in [6.07, 6.45) is 16.6. The van der Waals surface area contributed by atoms with Gasteiger partial charge in [0.05, 0.1) is 5.97 Å². The van der Waals surface area contributed by atoms with Gasteiger partial charge in [0.15, 0.2) is 0 Å². The number of hydrogen-bond acceptors (Lipinski definition) is 8. The third-order valence-corrected chi connectivity index (χ3v) is 5.26. The fourth-order valence-corrected chi connectivity index (χ4v) is 3.25.